The van der Waals surface area contributed by atoms with Gasteiger partial charge in [0.2, 0.25) is 0 Å². The van der Waals surface area contributed by atoms with Gasteiger partial charge in [-0.3, -0.25) is 9.98 Å². The highest BCUT2D eigenvalue weighted by atomic mass is 15.1. The molecule has 0 radical (unpaired) electrons. The molecule has 4 rings (SSSR count). The molecule has 0 aliphatic carbocycles. The van der Waals surface area contributed by atoms with Crippen LogP contribution in [-0.2, 0) is 0 Å². The van der Waals surface area contributed by atoms with Crippen molar-refractivity contribution in [2.75, 3.05) is 18.4 Å². The molecule has 3 heterocycles. The van der Waals surface area contributed by atoms with Gasteiger partial charge in [-0.1, -0.05) is 19.1 Å². The summed E-state index contributed by atoms with van der Waals surface area (Å²) in [5, 5.41) is 10.2. The summed E-state index contributed by atoms with van der Waals surface area (Å²) in [5.74, 6) is 2.28. The Kier molecular flexibility index (Phi) is 6.23. The predicted octanol–water partition coefficient (Wildman–Crippen LogP) is 4.24. The first-order valence-corrected chi connectivity index (χ1v) is 10.5. The van der Waals surface area contributed by atoms with Crippen LogP contribution >= 0.6 is 0 Å². The van der Waals surface area contributed by atoms with E-state index in [9.17, 15) is 0 Å². The Bertz CT molecular complexity index is 1000. The highest BCUT2D eigenvalue weighted by Crippen LogP contribution is 2.29. The van der Waals surface area contributed by atoms with Crippen LogP contribution in [0.4, 0.5) is 5.69 Å². The second-order valence-electron chi connectivity index (χ2n) is 7.53. The van der Waals surface area contributed by atoms with Crippen LogP contribution in [0.5, 0.6) is 0 Å². The minimum Gasteiger partial charge on any atom is -0.368 e. The molecule has 6 nitrogen and oxygen atoms in total. The van der Waals surface area contributed by atoms with E-state index in [-0.39, 0.29) is 0 Å². The van der Waals surface area contributed by atoms with Gasteiger partial charge in [0.25, 0.3) is 0 Å². The second kappa shape index (κ2) is 9.39. The largest absolute Gasteiger partial charge is 0.368 e. The van der Waals surface area contributed by atoms with Gasteiger partial charge in [0.15, 0.2) is 0 Å². The molecule has 0 spiro atoms. The van der Waals surface area contributed by atoms with E-state index in [0.717, 1.165) is 49.0 Å². The van der Waals surface area contributed by atoms with Gasteiger partial charge >= 0.3 is 0 Å². The zero-order valence-corrected chi connectivity index (χ0v) is 17.5. The van der Waals surface area contributed by atoms with Crippen molar-refractivity contribution in [1.82, 2.24) is 15.6 Å². The third kappa shape index (κ3) is 4.76. The van der Waals surface area contributed by atoms with Gasteiger partial charge in [0.1, 0.15) is 11.6 Å². The van der Waals surface area contributed by atoms with Gasteiger partial charge in [-0.25, -0.2) is 4.99 Å². The Morgan fingerprint density at radius 2 is 2.07 bits per heavy atom. The number of hydrogen-bond donors (Lipinski definition) is 3. The van der Waals surface area contributed by atoms with Gasteiger partial charge in [0, 0.05) is 42.8 Å². The van der Waals surface area contributed by atoms with Crippen molar-refractivity contribution in [3.05, 3.63) is 71.6 Å². The summed E-state index contributed by atoms with van der Waals surface area (Å²) >= 11 is 0. The van der Waals surface area contributed by atoms with E-state index in [2.05, 4.69) is 74.3 Å². The van der Waals surface area contributed by atoms with Gasteiger partial charge < -0.3 is 16.0 Å². The Morgan fingerprint density at radius 1 is 1.20 bits per heavy atom. The fourth-order valence-electron chi connectivity index (χ4n) is 3.62. The van der Waals surface area contributed by atoms with Crippen LogP contribution in [0, 0.1) is 12.8 Å². The lowest BCUT2D eigenvalue weighted by Gasteiger charge is -2.29. The monoisotopic (exact) mass is 400 g/mol. The number of aryl methyl sites for hydroxylation is 1. The van der Waals surface area contributed by atoms with Crippen LogP contribution in [0.15, 0.2) is 75.9 Å². The molecule has 30 heavy (non-hydrogen) atoms. The lowest BCUT2D eigenvalue weighted by Crippen LogP contribution is -2.35. The third-order valence-corrected chi connectivity index (χ3v) is 5.21. The Morgan fingerprint density at radius 3 is 2.87 bits per heavy atom. The van der Waals surface area contributed by atoms with Crippen molar-refractivity contribution in [3.63, 3.8) is 0 Å². The van der Waals surface area contributed by atoms with Gasteiger partial charge in [0.05, 0.1) is 6.34 Å². The van der Waals surface area contributed by atoms with E-state index in [0.29, 0.717) is 5.92 Å². The highest BCUT2D eigenvalue weighted by Gasteiger charge is 2.24. The standard InChI is InChI=1S/C24H28N6/c1-3-10-25-16-29-23-14-20-9-12-27-24(22(20)15-28-23)30-21-6-4-18(5-7-21)19-8-11-26-17(2)13-19/h4-8,11-14,16,20,28,30H,3,9-10,15H2,1-2H3,(H,25,29). The SMILES string of the molecule is CCCN=CNC1=CC2CC=NC(Nc3ccc(-c4ccnc(C)c4)cc3)=C2CN1. The number of aliphatic imine (C=N–C) groups is 2. The Labute approximate surface area is 178 Å². The summed E-state index contributed by atoms with van der Waals surface area (Å²) in [6, 6.07) is 12.6. The normalized spacial score (nSPS) is 18.1. The Hall–Kier alpha value is -3.41. The zero-order chi connectivity index (χ0) is 20.8. The zero-order valence-electron chi connectivity index (χ0n) is 17.5. The minimum absolute atomic E-state index is 0.340. The van der Waals surface area contributed by atoms with Crippen molar-refractivity contribution < 1.29 is 0 Å². The van der Waals surface area contributed by atoms with Crippen LogP contribution in [0.25, 0.3) is 11.1 Å². The summed E-state index contributed by atoms with van der Waals surface area (Å²) in [6.07, 6.45) is 9.81. The first-order valence-electron chi connectivity index (χ1n) is 10.5. The van der Waals surface area contributed by atoms with E-state index in [1.807, 2.05) is 25.4 Å². The number of benzene rings is 1. The molecule has 3 N–H and O–H groups in total. The molecule has 0 saturated carbocycles. The van der Waals surface area contributed by atoms with Crippen molar-refractivity contribution in [2.24, 2.45) is 15.9 Å². The average molecular weight is 401 g/mol. The molecule has 0 saturated heterocycles. The Balaban J connectivity index is 1.46. The van der Waals surface area contributed by atoms with E-state index in [1.165, 1.54) is 16.7 Å². The summed E-state index contributed by atoms with van der Waals surface area (Å²) in [6.45, 7) is 5.74. The van der Waals surface area contributed by atoms with Crippen LogP contribution in [0.1, 0.15) is 25.5 Å². The van der Waals surface area contributed by atoms with Crippen LogP contribution in [0.3, 0.4) is 0 Å². The van der Waals surface area contributed by atoms with Gasteiger partial charge in [-0.2, -0.15) is 0 Å². The number of nitrogens with one attached hydrogen (secondary N) is 3. The van der Waals surface area contributed by atoms with Crippen molar-refractivity contribution in [1.29, 1.82) is 0 Å². The number of hydrogen-bond acceptors (Lipinski definition) is 5. The molecule has 1 atom stereocenters. The average Bonchev–Trinajstić information content (AvgIpc) is 2.77. The van der Waals surface area contributed by atoms with Crippen LogP contribution in [0.2, 0.25) is 0 Å². The van der Waals surface area contributed by atoms with Crippen molar-refractivity contribution >= 4 is 18.2 Å². The summed E-state index contributed by atoms with van der Waals surface area (Å²) in [7, 11) is 0. The lowest BCUT2D eigenvalue weighted by molar-refractivity contribution is 0.642. The molecule has 2 aliphatic heterocycles. The number of anilines is 1. The molecule has 1 unspecified atom stereocenters. The maximum Gasteiger partial charge on any atom is 0.131 e. The van der Waals surface area contributed by atoms with Gasteiger partial charge in [-0.05, 0) is 66.8 Å². The number of aromatic nitrogens is 1. The fourth-order valence-corrected chi connectivity index (χ4v) is 3.62. The first-order chi connectivity index (χ1) is 14.7. The molecular weight excluding hydrogens is 372 g/mol. The molecule has 0 amide bonds. The molecule has 2 aromatic rings. The van der Waals surface area contributed by atoms with Crippen molar-refractivity contribution in [3.8, 4) is 11.1 Å². The molecule has 1 aromatic heterocycles. The van der Waals surface area contributed by atoms with E-state index >= 15 is 0 Å². The maximum absolute atomic E-state index is 4.63. The van der Waals surface area contributed by atoms with E-state index in [1.54, 1.807) is 6.34 Å². The summed E-state index contributed by atoms with van der Waals surface area (Å²) in [5.41, 5.74) is 5.69. The quantitative estimate of drug-likeness (QED) is 0.480. The molecule has 6 heteroatoms. The predicted molar refractivity (Wildman–Crippen MR) is 125 cm³/mol. The van der Waals surface area contributed by atoms with Crippen LogP contribution < -0.4 is 16.0 Å². The summed E-state index contributed by atoms with van der Waals surface area (Å²) in [4.78, 5) is 13.2. The highest BCUT2D eigenvalue weighted by molar-refractivity contribution is 5.69. The molecule has 0 bridgehead atoms. The number of nitrogens with zero attached hydrogens (tertiary/aromatic N) is 3. The maximum atomic E-state index is 4.63. The lowest BCUT2D eigenvalue weighted by atomic mass is 9.91. The number of fused-ring (bicyclic) bond motifs is 1. The third-order valence-electron chi connectivity index (χ3n) is 5.21. The molecule has 2 aliphatic rings. The van der Waals surface area contributed by atoms with Crippen LogP contribution in [-0.4, -0.2) is 30.6 Å². The minimum atomic E-state index is 0.340. The fraction of sp³-hybridized carbons (Fsp3) is 0.292. The molecule has 0 fully saturated rings. The second-order valence-corrected chi connectivity index (χ2v) is 7.53. The number of allylic oxidation sites excluding steroid dienone is 1. The van der Waals surface area contributed by atoms with E-state index < -0.39 is 0 Å². The number of pyridine rings is 1. The molecular formula is C24H28N6. The molecule has 154 valence electrons. The van der Waals surface area contributed by atoms with Gasteiger partial charge in [-0.15, -0.1) is 0 Å². The first kappa shape index (κ1) is 19.9. The molecule has 1 aromatic carbocycles. The number of rotatable bonds is 7. The van der Waals surface area contributed by atoms with E-state index in [4.69, 9.17) is 0 Å². The smallest absolute Gasteiger partial charge is 0.131 e. The topological polar surface area (TPSA) is 73.7 Å². The summed E-state index contributed by atoms with van der Waals surface area (Å²) < 4.78 is 0. The van der Waals surface area contributed by atoms with Crippen molar-refractivity contribution in [2.45, 2.75) is 26.7 Å².